The van der Waals surface area contributed by atoms with Crippen molar-refractivity contribution in [3.05, 3.63) is 46.8 Å². The third-order valence-corrected chi connectivity index (χ3v) is 5.45. The SMILES string of the molecule is O=C(c1ccsc1)N1CCO[C@@H]2C[C@H](COc3ccccn3)C[C@H]21. The molecule has 1 aliphatic carbocycles. The molecule has 1 aliphatic heterocycles. The molecule has 4 rings (SSSR count). The molecule has 2 aromatic heterocycles. The van der Waals surface area contributed by atoms with Gasteiger partial charge >= 0.3 is 0 Å². The van der Waals surface area contributed by atoms with Crippen molar-refractivity contribution in [2.45, 2.75) is 25.0 Å². The van der Waals surface area contributed by atoms with Crippen molar-refractivity contribution in [1.29, 1.82) is 0 Å². The molecule has 6 heteroatoms. The van der Waals surface area contributed by atoms with Crippen LogP contribution in [0.4, 0.5) is 0 Å². The largest absolute Gasteiger partial charge is 0.477 e. The van der Waals surface area contributed by atoms with E-state index in [-0.39, 0.29) is 18.1 Å². The Hall–Kier alpha value is -1.92. The normalized spacial score (nSPS) is 26.2. The third kappa shape index (κ3) is 3.16. The number of hydrogen-bond donors (Lipinski definition) is 0. The van der Waals surface area contributed by atoms with Crippen LogP contribution in [0, 0.1) is 5.92 Å². The smallest absolute Gasteiger partial charge is 0.255 e. The van der Waals surface area contributed by atoms with E-state index in [1.807, 2.05) is 39.9 Å². The molecule has 126 valence electrons. The Morgan fingerprint density at radius 2 is 2.33 bits per heavy atom. The molecule has 0 N–H and O–H groups in total. The van der Waals surface area contributed by atoms with Gasteiger partial charge in [0, 0.05) is 24.2 Å². The van der Waals surface area contributed by atoms with Gasteiger partial charge in [0.2, 0.25) is 5.88 Å². The van der Waals surface area contributed by atoms with E-state index in [0.717, 1.165) is 18.4 Å². The van der Waals surface area contributed by atoms with Crippen molar-refractivity contribution < 1.29 is 14.3 Å². The second-order valence-electron chi connectivity index (χ2n) is 6.30. The molecule has 1 saturated carbocycles. The first-order valence-electron chi connectivity index (χ1n) is 8.30. The summed E-state index contributed by atoms with van der Waals surface area (Å²) < 4.78 is 11.7. The summed E-state index contributed by atoms with van der Waals surface area (Å²) in [5, 5.41) is 3.87. The number of nitrogens with zero attached hydrogens (tertiary/aromatic N) is 2. The van der Waals surface area contributed by atoms with Gasteiger partial charge in [-0.3, -0.25) is 4.79 Å². The van der Waals surface area contributed by atoms with Crippen molar-refractivity contribution in [3.63, 3.8) is 0 Å². The van der Waals surface area contributed by atoms with Crippen LogP contribution in [0.3, 0.4) is 0 Å². The molecule has 1 amide bonds. The lowest BCUT2D eigenvalue weighted by molar-refractivity contribution is -0.0448. The summed E-state index contributed by atoms with van der Waals surface area (Å²) >= 11 is 1.56. The Kier molecular flexibility index (Phi) is 4.49. The van der Waals surface area contributed by atoms with E-state index in [0.29, 0.717) is 31.6 Å². The zero-order valence-corrected chi connectivity index (χ0v) is 14.2. The Morgan fingerprint density at radius 3 is 3.12 bits per heavy atom. The summed E-state index contributed by atoms with van der Waals surface area (Å²) in [6, 6.07) is 7.71. The Morgan fingerprint density at radius 1 is 1.38 bits per heavy atom. The van der Waals surface area contributed by atoms with Crippen LogP contribution >= 0.6 is 11.3 Å². The van der Waals surface area contributed by atoms with Crippen molar-refractivity contribution in [3.8, 4) is 5.88 Å². The molecule has 2 aromatic rings. The highest BCUT2D eigenvalue weighted by atomic mass is 32.1. The molecule has 2 fully saturated rings. The molecular formula is C18H20N2O3S. The van der Waals surface area contributed by atoms with Gasteiger partial charge in [-0.15, -0.1) is 0 Å². The molecule has 2 aliphatic rings. The van der Waals surface area contributed by atoms with E-state index in [4.69, 9.17) is 9.47 Å². The number of rotatable bonds is 4. The Balaban J connectivity index is 1.40. The number of ether oxygens (including phenoxy) is 2. The Bertz CT molecular complexity index is 677. The summed E-state index contributed by atoms with van der Waals surface area (Å²) in [6.45, 7) is 1.91. The van der Waals surface area contributed by atoms with Gasteiger partial charge in [-0.2, -0.15) is 11.3 Å². The minimum absolute atomic E-state index is 0.124. The maximum atomic E-state index is 12.7. The van der Waals surface area contributed by atoms with Gasteiger partial charge < -0.3 is 14.4 Å². The summed E-state index contributed by atoms with van der Waals surface area (Å²) in [5.74, 6) is 1.17. The van der Waals surface area contributed by atoms with Crippen molar-refractivity contribution in [1.82, 2.24) is 9.88 Å². The van der Waals surface area contributed by atoms with Crippen LogP contribution in [0.1, 0.15) is 23.2 Å². The van der Waals surface area contributed by atoms with Gasteiger partial charge in [0.05, 0.1) is 30.9 Å². The molecule has 0 aromatic carbocycles. The summed E-state index contributed by atoms with van der Waals surface area (Å²) in [7, 11) is 0. The van der Waals surface area contributed by atoms with Crippen molar-refractivity contribution >= 4 is 17.2 Å². The Labute approximate surface area is 145 Å². The highest BCUT2D eigenvalue weighted by Crippen LogP contribution is 2.35. The van der Waals surface area contributed by atoms with E-state index in [1.165, 1.54) is 0 Å². The number of fused-ring (bicyclic) bond motifs is 1. The molecule has 3 heterocycles. The molecular weight excluding hydrogens is 324 g/mol. The van der Waals surface area contributed by atoms with Gasteiger partial charge in [0.15, 0.2) is 0 Å². The second-order valence-corrected chi connectivity index (χ2v) is 7.08. The first-order valence-corrected chi connectivity index (χ1v) is 9.24. The average molecular weight is 344 g/mol. The molecule has 3 atom stereocenters. The van der Waals surface area contributed by atoms with E-state index in [2.05, 4.69) is 4.98 Å². The van der Waals surface area contributed by atoms with Gasteiger partial charge in [-0.1, -0.05) is 6.07 Å². The fraction of sp³-hybridized carbons (Fsp3) is 0.444. The lowest BCUT2D eigenvalue weighted by atomic mass is 10.1. The third-order valence-electron chi connectivity index (χ3n) is 4.77. The highest BCUT2D eigenvalue weighted by Gasteiger charge is 2.43. The van der Waals surface area contributed by atoms with Gasteiger partial charge in [0.25, 0.3) is 5.91 Å². The van der Waals surface area contributed by atoms with Crippen molar-refractivity contribution in [2.24, 2.45) is 5.92 Å². The van der Waals surface area contributed by atoms with E-state index in [1.54, 1.807) is 17.5 Å². The summed E-state index contributed by atoms with van der Waals surface area (Å²) in [6.07, 6.45) is 3.71. The van der Waals surface area contributed by atoms with E-state index in [9.17, 15) is 4.79 Å². The average Bonchev–Trinajstić information content (AvgIpc) is 3.29. The molecule has 0 unspecified atom stereocenters. The number of morpholine rings is 1. The lowest BCUT2D eigenvalue weighted by Crippen LogP contribution is -2.51. The standard InChI is InChI=1S/C18H20N2O3S/c21-18(14-4-8-24-12-14)20-6-7-22-16-10-13(9-15(16)20)11-23-17-3-1-2-5-19-17/h1-5,8,12-13,15-16H,6-7,9-11H2/t13-,15-,16-/m1/s1. The van der Waals surface area contributed by atoms with Crippen molar-refractivity contribution in [2.75, 3.05) is 19.8 Å². The second kappa shape index (κ2) is 6.91. The zero-order chi connectivity index (χ0) is 16.4. The number of amides is 1. The van der Waals surface area contributed by atoms with Gasteiger partial charge in [0.1, 0.15) is 0 Å². The van der Waals surface area contributed by atoms with Gasteiger partial charge in [-0.25, -0.2) is 4.98 Å². The molecule has 1 saturated heterocycles. The first-order chi connectivity index (χ1) is 11.8. The van der Waals surface area contributed by atoms with Crippen LogP contribution in [-0.4, -0.2) is 47.7 Å². The highest BCUT2D eigenvalue weighted by molar-refractivity contribution is 7.08. The van der Waals surface area contributed by atoms with Crippen LogP contribution in [0.15, 0.2) is 41.2 Å². The topological polar surface area (TPSA) is 51.7 Å². The number of hydrogen-bond acceptors (Lipinski definition) is 5. The minimum atomic E-state index is 0.124. The van der Waals surface area contributed by atoms with Crippen LogP contribution in [-0.2, 0) is 4.74 Å². The van der Waals surface area contributed by atoms with Crippen LogP contribution in [0.2, 0.25) is 0 Å². The quantitative estimate of drug-likeness (QED) is 0.856. The maximum absolute atomic E-state index is 12.7. The number of aromatic nitrogens is 1. The molecule has 24 heavy (non-hydrogen) atoms. The number of carbonyl (C=O) groups is 1. The molecule has 5 nitrogen and oxygen atoms in total. The maximum Gasteiger partial charge on any atom is 0.255 e. The van der Waals surface area contributed by atoms with Gasteiger partial charge in [-0.05, 0) is 36.3 Å². The molecule has 0 radical (unpaired) electrons. The van der Waals surface area contributed by atoms with Crippen LogP contribution < -0.4 is 4.74 Å². The van der Waals surface area contributed by atoms with Crippen LogP contribution in [0.25, 0.3) is 0 Å². The first kappa shape index (κ1) is 15.6. The van der Waals surface area contributed by atoms with Crippen LogP contribution in [0.5, 0.6) is 5.88 Å². The zero-order valence-electron chi connectivity index (χ0n) is 13.3. The number of carbonyl (C=O) groups excluding carboxylic acids is 1. The van der Waals surface area contributed by atoms with E-state index < -0.39 is 0 Å². The monoisotopic (exact) mass is 344 g/mol. The lowest BCUT2D eigenvalue weighted by Gasteiger charge is -2.37. The number of thiophene rings is 1. The fourth-order valence-electron chi connectivity index (χ4n) is 3.63. The predicted octanol–water partition coefficient (Wildman–Crippen LogP) is 2.84. The minimum Gasteiger partial charge on any atom is -0.477 e. The summed E-state index contributed by atoms with van der Waals surface area (Å²) in [4.78, 5) is 18.9. The summed E-state index contributed by atoms with van der Waals surface area (Å²) in [5.41, 5.74) is 0.786. The predicted molar refractivity (Wildman–Crippen MR) is 91.3 cm³/mol. The molecule has 0 spiro atoms. The van der Waals surface area contributed by atoms with E-state index >= 15 is 0 Å². The number of pyridine rings is 1. The molecule has 0 bridgehead atoms. The fourth-order valence-corrected chi connectivity index (χ4v) is 4.26.